The van der Waals surface area contributed by atoms with Gasteiger partial charge in [-0.15, -0.1) is 11.3 Å². The number of hydrogen-bond acceptors (Lipinski definition) is 4. The fourth-order valence-corrected chi connectivity index (χ4v) is 3.37. The number of phenols is 1. The van der Waals surface area contributed by atoms with Crippen LogP contribution < -0.4 is 4.80 Å². The summed E-state index contributed by atoms with van der Waals surface area (Å²) in [6.45, 7) is 6.42. The van der Waals surface area contributed by atoms with Crippen LogP contribution in [0.5, 0.6) is 5.75 Å². The quantitative estimate of drug-likeness (QED) is 0.449. The number of benzene rings is 2. The van der Waals surface area contributed by atoms with E-state index in [4.69, 9.17) is 0 Å². The van der Waals surface area contributed by atoms with Crippen molar-refractivity contribution in [3.05, 3.63) is 80.9 Å². The zero-order valence-corrected chi connectivity index (χ0v) is 16.7. The lowest BCUT2D eigenvalue weighted by Crippen LogP contribution is -2.13. The lowest BCUT2D eigenvalue weighted by molar-refractivity contribution is 0.475. The number of aromatic hydroxyl groups is 1. The highest BCUT2D eigenvalue weighted by atomic mass is 79.9. The minimum absolute atomic E-state index is 0.213. The third kappa shape index (κ3) is 4.59. The molecule has 3 rings (SSSR count). The van der Waals surface area contributed by atoms with Gasteiger partial charge in [0.1, 0.15) is 5.75 Å². The second-order valence-electron chi connectivity index (χ2n) is 5.84. The summed E-state index contributed by atoms with van der Waals surface area (Å²) in [7, 11) is 0. The van der Waals surface area contributed by atoms with Crippen molar-refractivity contribution < 1.29 is 5.11 Å². The van der Waals surface area contributed by atoms with Gasteiger partial charge in [-0.25, -0.2) is 4.68 Å². The van der Waals surface area contributed by atoms with Crippen LogP contribution in [0.4, 0.5) is 0 Å². The fourth-order valence-electron chi connectivity index (χ4n) is 2.27. The van der Waals surface area contributed by atoms with Crippen molar-refractivity contribution in [2.24, 2.45) is 10.1 Å². The number of thiazole rings is 1. The average Bonchev–Trinajstić information content (AvgIpc) is 3.02. The average molecular weight is 428 g/mol. The van der Waals surface area contributed by atoms with Gasteiger partial charge in [-0.2, -0.15) is 5.10 Å². The maximum atomic E-state index is 9.63. The van der Waals surface area contributed by atoms with Crippen LogP contribution in [0, 0.1) is 0 Å². The van der Waals surface area contributed by atoms with Crippen LogP contribution in [0.25, 0.3) is 11.3 Å². The standard InChI is InChI=1S/C20H18BrN3OS/c1-14(2)11-22-20-24(23-12-15-4-3-5-18(25)10-15)19(13-26-20)16-6-8-17(21)9-7-16/h3-10,12-13,25H,1,11H2,2H3. The monoisotopic (exact) mass is 427 g/mol. The Morgan fingerprint density at radius 3 is 2.73 bits per heavy atom. The molecule has 0 fully saturated rings. The van der Waals surface area contributed by atoms with E-state index in [9.17, 15) is 5.11 Å². The highest BCUT2D eigenvalue weighted by Crippen LogP contribution is 2.22. The highest BCUT2D eigenvalue weighted by molar-refractivity contribution is 9.10. The summed E-state index contributed by atoms with van der Waals surface area (Å²) < 4.78 is 2.85. The Bertz CT molecular complexity index is 1020. The predicted octanol–water partition coefficient (Wildman–Crippen LogP) is 5.04. The summed E-state index contributed by atoms with van der Waals surface area (Å²) in [5, 5.41) is 16.3. The van der Waals surface area contributed by atoms with Crippen LogP contribution in [0.3, 0.4) is 0 Å². The Morgan fingerprint density at radius 2 is 2.04 bits per heavy atom. The zero-order chi connectivity index (χ0) is 18.5. The smallest absolute Gasteiger partial charge is 0.206 e. The molecule has 4 nitrogen and oxygen atoms in total. The first-order valence-corrected chi connectivity index (χ1v) is 9.65. The SMILES string of the molecule is C=C(C)CN=c1scc(-c2ccc(Br)cc2)n1N=Cc1cccc(O)c1. The molecule has 0 saturated heterocycles. The Kier molecular flexibility index (Phi) is 5.85. The third-order valence-corrected chi connectivity index (χ3v) is 4.88. The van der Waals surface area contributed by atoms with Gasteiger partial charge < -0.3 is 5.11 Å². The molecule has 0 aliphatic heterocycles. The van der Waals surface area contributed by atoms with Gasteiger partial charge in [0.15, 0.2) is 0 Å². The van der Waals surface area contributed by atoms with Crippen LogP contribution in [0.2, 0.25) is 0 Å². The van der Waals surface area contributed by atoms with E-state index < -0.39 is 0 Å². The van der Waals surface area contributed by atoms with Crippen LogP contribution in [-0.2, 0) is 0 Å². The molecule has 1 aromatic heterocycles. The summed E-state index contributed by atoms with van der Waals surface area (Å²) in [6.07, 6.45) is 1.72. The number of halogens is 1. The zero-order valence-electron chi connectivity index (χ0n) is 14.3. The van der Waals surface area contributed by atoms with Gasteiger partial charge in [0.25, 0.3) is 0 Å². The molecule has 2 aromatic carbocycles. The first-order chi connectivity index (χ1) is 12.5. The lowest BCUT2D eigenvalue weighted by Gasteiger charge is -2.04. The molecule has 1 N–H and O–H groups in total. The number of hydrogen-bond donors (Lipinski definition) is 1. The topological polar surface area (TPSA) is 49.9 Å². The Balaban J connectivity index is 2.07. The van der Waals surface area contributed by atoms with Gasteiger partial charge >= 0.3 is 0 Å². The van der Waals surface area contributed by atoms with E-state index in [1.165, 1.54) is 11.3 Å². The van der Waals surface area contributed by atoms with Crippen LogP contribution in [0.1, 0.15) is 12.5 Å². The van der Waals surface area contributed by atoms with Crippen molar-refractivity contribution in [1.29, 1.82) is 0 Å². The van der Waals surface area contributed by atoms with Crippen LogP contribution in [-0.4, -0.2) is 22.5 Å². The van der Waals surface area contributed by atoms with Crippen molar-refractivity contribution in [1.82, 2.24) is 4.68 Å². The van der Waals surface area contributed by atoms with Crippen molar-refractivity contribution in [3.8, 4) is 17.0 Å². The first kappa shape index (κ1) is 18.4. The van der Waals surface area contributed by atoms with E-state index >= 15 is 0 Å². The fraction of sp³-hybridized carbons (Fsp3) is 0.100. The molecule has 132 valence electrons. The molecule has 6 heteroatoms. The number of rotatable bonds is 5. The summed E-state index contributed by atoms with van der Waals surface area (Å²) in [6, 6.07) is 15.1. The van der Waals surface area contributed by atoms with E-state index in [1.807, 2.05) is 47.3 Å². The van der Waals surface area contributed by atoms with E-state index in [0.29, 0.717) is 6.54 Å². The molecular weight excluding hydrogens is 410 g/mol. The first-order valence-electron chi connectivity index (χ1n) is 7.97. The molecule has 0 radical (unpaired) electrons. The number of nitrogens with zero attached hydrogens (tertiary/aromatic N) is 3. The predicted molar refractivity (Wildman–Crippen MR) is 112 cm³/mol. The van der Waals surface area contributed by atoms with Gasteiger partial charge in [-0.3, -0.25) is 4.99 Å². The second-order valence-corrected chi connectivity index (χ2v) is 7.59. The minimum atomic E-state index is 0.213. The molecule has 0 atom stereocenters. The molecule has 1 heterocycles. The van der Waals surface area contributed by atoms with E-state index in [2.05, 4.69) is 32.6 Å². The van der Waals surface area contributed by atoms with E-state index in [1.54, 1.807) is 24.4 Å². The lowest BCUT2D eigenvalue weighted by atomic mass is 10.2. The van der Waals surface area contributed by atoms with Crippen molar-refractivity contribution >= 4 is 33.5 Å². The van der Waals surface area contributed by atoms with Crippen molar-refractivity contribution in [2.75, 3.05) is 6.54 Å². The Hall–Kier alpha value is -2.44. The van der Waals surface area contributed by atoms with E-state index in [-0.39, 0.29) is 5.75 Å². The van der Waals surface area contributed by atoms with Gasteiger partial charge in [-0.05, 0) is 36.8 Å². The molecule has 0 saturated carbocycles. The van der Waals surface area contributed by atoms with Crippen molar-refractivity contribution in [3.63, 3.8) is 0 Å². The summed E-state index contributed by atoms with van der Waals surface area (Å²) in [5.74, 6) is 0.213. The molecule has 0 spiro atoms. The maximum Gasteiger partial charge on any atom is 0.206 e. The summed E-state index contributed by atoms with van der Waals surface area (Å²) in [4.78, 5) is 5.40. The second kappa shape index (κ2) is 8.29. The van der Waals surface area contributed by atoms with E-state index in [0.717, 1.165) is 31.7 Å². The molecular formula is C20H18BrN3OS. The van der Waals surface area contributed by atoms with Gasteiger partial charge in [0.05, 0.1) is 18.5 Å². The minimum Gasteiger partial charge on any atom is -0.508 e. The van der Waals surface area contributed by atoms with Crippen LogP contribution >= 0.6 is 27.3 Å². The van der Waals surface area contributed by atoms with Crippen LogP contribution in [0.15, 0.2) is 80.6 Å². The number of aromatic nitrogens is 1. The van der Waals surface area contributed by atoms with Gasteiger partial charge in [0.2, 0.25) is 4.80 Å². The summed E-state index contributed by atoms with van der Waals surface area (Å²) >= 11 is 5.00. The largest absolute Gasteiger partial charge is 0.508 e. The summed E-state index contributed by atoms with van der Waals surface area (Å²) in [5.41, 5.74) is 3.82. The normalized spacial score (nSPS) is 12.0. The molecule has 3 aromatic rings. The molecule has 0 amide bonds. The third-order valence-electron chi connectivity index (χ3n) is 3.50. The van der Waals surface area contributed by atoms with Gasteiger partial charge in [-0.1, -0.05) is 52.3 Å². The van der Waals surface area contributed by atoms with Gasteiger partial charge in [0, 0.05) is 15.4 Å². The highest BCUT2D eigenvalue weighted by Gasteiger charge is 2.07. The van der Waals surface area contributed by atoms with Crippen molar-refractivity contribution in [2.45, 2.75) is 6.92 Å². The molecule has 0 bridgehead atoms. The molecule has 0 unspecified atom stereocenters. The number of phenolic OH excluding ortho intramolecular Hbond substituents is 1. The molecule has 26 heavy (non-hydrogen) atoms. The Morgan fingerprint density at radius 1 is 1.27 bits per heavy atom. The Labute approximate surface area is 164 Å². The molecule has 0 aliphatic rings. The maximum absolute atomic E-state index is 9.63. The molecule has 0 aliphatic carbocycles.